The molecule has 1 aliphatic carbocycles. The molecule has 1 saturated carbocycles. The molecule has 4 heteroatoms. The van der Waals surface area contributed by atoms with Gasteiger partial charge in [-0.2, -0.15) is 0 Å². The van der Waals surface area contributed by atoms with Gasteiger partial charge in [-0.15, -0.1) is 0 Å². The minimum absolute atomic E-state index is 0.513. The maximum Gasteiger partial charge on any atom is 0.0601 e. The van der Waals surface area contributed by atoms with Crippen LogP contribution in [0.2, 0.25) is 0 Å². The molecule has 0 aromatic carbocycles. The monoisotopic (exact) mass is 312 g/mol. The third-order valence-corrected chi connectivity index (χ3v) is 5.51. The number of hydrogen-bond acceptors (Lipinski definition) is 4. The summed E-state index contributed by atoms with van der Waals surface area (Å²) in [4.78, 5) is 5.18. The van der Waals surface area contributed by atoms with E-state index in [2.05, 4.69) is 23.6 Å². The summed E-state index contributed by atoms with van der Waals surface area (Å²) in [5.41, 5.74) is 0. The Morgan fingerprint density at radius 2 is 1.86 bits per heavy atom. The van der Waals surface area contributed by atoms with Gasteiger partial charge in [0, 0.05) is 45.9 Å². The fourth-order valence-corrected chi connectivity index (χ4v) is 3.91. The average molecular weight is 312 g/mol. The molecule has 1 heterocycles. The summed E-state index contributed by atoms with van der Waals surface area (Å²) in [5.74, 6) is 0.753. The van der Waals surface area contributed by atoms with Crippen molar-refractivity contribution in [3.05, 3.63) is 0 Å². The second kappa shape index (κ2) is 9.86. The second-order valence-electron chi connectivity index (χ2n) is 7.06. The first-order valence-electron chi connectivity index (χ1n) is 9.31. The van der Waals surface area contributed by atoms with Crippen LogP contribution in [0.4, 0.5) is 0 Å². The lowest BCUT2D eigenvalue weighted by Crippen LogP contribution is -2.54. The van der Waals surface area contributed by atoms with E-state index in [4.69, 9.17) is 9.47 Å². The van der Waals surface area contributed by atoms with Crippen LogP contribution >= 0.6 is 0 Å². The highest BCUT2D eigenvalue weighted by atomic mass is 16.5. The topological polar surface area (TPSA) is 24.9 Å². The van der Waals surface area contributed by atoms with Gasteiger partial charge in [-0.3, -0.25) is 9.80 Å². The maximum atomic E-state index is 6.18. The van der Waals surface area contributed by atoms with Crippen LogP contribution in [0, 0.1) is 5.92 Å². The van der Waals surface area contributed by atoms with Crippen molar-refractivity contribution in [1.29, 1.82) is 0 Å². The molecule has 0 N–H and O–H groups in total. The quantitative estimate of drug-likeness (QED) is 0.688. The third kappa shape index (κ3) is 5.48. The minimum Gasteiger partial charge on any atom is -0.383 e. The molecule has 3 unspecified atom stereocenters. The van der Waals surface area contributed by atoms with Crippen LogP contribution in [0.1, 0.15) is 46.0 Å². The summed E-state index contributed by atoms with van der Waals surface area (Å²) in [6.45, 7) is 12.1. The highest BCUT2D eigenvalue weighted by Gasteiger charge is 2.26. The van der Waals surface area contributed by atoms with Crippen molar-refractivity contribution in [2.24, 2.45) is 5.92 Å². The average Bonchev–Trinajstić information content (AvgIpc) is 2.55. The van der Waals surface area contributed by atoms with Gasteiger partial charge in [-0.05, 0) is 25.2 Å². The second-order valence-corrected chi connectivity index (χ2v) is 7.06. The van der Waals surface area contributed by atoms with Crippen LogP contribution in [0.3, 0.4) is 0 Å². The summed E-state index contributed by atoms with van der Waals surface area (Å²) < 4.78 is 11.4. The highest BCUT2D eigenvalue weighted by molar-refractivity contribution is 4.81. The molecule has 2 rings (SSSR count). The van der Waals surface area contributed by atoms with Crippen LogP contribution < -0.4 is 0 Å². The summed E-state index contributed by atoms with van der Waals surface area (Å²) in [5, 5.41) is 0. The summed E-state index contributed by atoms with van der Waals surface area (Å²) in [6, 6.07) is 0.678. The number of methoxy groups -OCH3 is 1. The van der Waals surface area contributed by atoms with Crippen LogP contribution in [0.25, 0.3) is 0 Å². The molecule has 0 bridgehead atoms. The van der Waals surface area contributed by atoms with Gasteiger partial charge in [-0.1, -0.05) is 26.7 Å². The Morgan fingerprint density at radius 3 is 2.59 bits per heavy atom. The normalized spacial score (nSPS) is 31.5. The lowest BCUT2D eigenvalue weighted by molar-refractivity contribution is -0.0242. The number of piperazine rings is 1. The molecule has 4 nitrogen and oxygen atoms in total. The van der Waals surface area contributed by atoms with Crippen molar-refractivity contribution in [1.82, 2.24) is 9.80 Å². The van der Waals surface area contributed by atoms with Gasteiger partial charge < -0.3 is 9.47 Å². The molecule has 1 saturated heterocycles. The maximum absolute atomic E-state index is 6.18. The number of nitrogens with zero attached hydrogens (tertiary/aromatic N) is 2. The Labute approximate surface area is 137 Å². The van der Waals surface area contributed by atoms with Crippen LogP contribution in [-0.2, 0) is 9.47 Å². The zero-order chi connectivity index (χ0) is 15.8. The predicted octanol–water partition coefficient (Wildman–Crippen LogP) is 2.62. The van der Waals surface area contributed by atoms with Crippen LogP contribution in [0.5, 0.6) is 0 Å². The Hall–Kier alpha value is -0.160. The standard InChI is InChI=1S/C18H36N2O2/c1-4-17-15-19(9-10-20(17)12-13-21-3)11-14-22-18-8-6-5-7-16(18)2/h16-18H,4-15H2,1-3H3. The molecule has 0 aromatic heterocycles. The summed E-state index contributed by atoms with van der Waals surface area (Å²) >= 11 is 0. The highest BCUT2D eigenvalue weighted by Crippen LogP contribution is 2.26. The molecular weight excluding hydrogens is 276 g/mol. The predicted molar refractivity (Wildman–Crippen MR) is 91.3 cm³/mol. The number of hydrogen-bond donors (Lipinski definition) is 0. The molecule has 2 fully saturated rings. The van der Waals surface area contributed by atoms with Gasteiger partial charge in [0.2, 0.25) is 0 Å². The number of rotatable bonds is 8. The largest absolute Gasteiger partial charge is 0.383 e. The molecule has 22 heavy (non-hydrogen) atoms. The number of ether oxygens (including phenoxy) is 2. The van der Waals surface area contributed by atoms with E-state index in [-0.39, 0.29) is 0 Å². The first-order valence-corrected chi connectivity index (χ1v) is 9.31. The van der Waals surface area contributed by atoms with Gasteiger partial charge in [0.1, 0.15) is 0 Å². The van der Waals surface area contributed by atoms with Crippen molar-refractivity contribution >= 4 is 0 Å². The summed E-state index contributed by atoms with van der Waals surface area (Å²) in [7, 11) is 1.79. The van der Waals surface area contributed by atoms with E-state index in [1.54, 1.807) is 7.11 Å². The van der Waals surface area contributed by atoms with Crippen molar-refractivity contribution in [3.63, 3.8) is 0 Å². The van der Waals surface area contributed by atoms with Gasteiger partial charge in [-0.25, -0.2) is 0 Å². The molecule has 130 valence electrons. The molecule has 0 aromatic rings. The van der Waals surface area contributed by atoms with Crippen LogP contribution in [-0.4, -0.2) is 75.0 Å². The Kier molecular flexibility index (Phi) is 8.15. The lowest BCUT2D eigenvalue weighted by Gasteiger charge is -2.41. The van der Waals surface area contributed by atoms with Gasteiger partial charge in [0.25, 0.3) is 0 Å². The van der Waals surface area contributed by atoms with Crippen molar-refractivity contribution < 1.29 is 9.47 Å². The van der Waals surface area contributed by atoms with E-state index in [9.17, 15) is 0 Å². The fraction of sp³-hybridized carbons (Fsp3) is 1.00. The van der Waals surface area contributed by atoms with E-state index in [1.165, 1.54) is 51.7 Å². The molecular formula is C18H36N2O2. The first kappa shape index (κ1) is 18.2. The zero-order valence-corrected chi connectivity index (χ0v) is 14.9. The van der Waals surface area contributed by atoms with E-state index in [1.807, 2.05) is 0 Å². The van der Waals surface area contributed by atoms with Crippen LogP contribution in [0.15, 0.2) is 0 Å². The molecule has 0 amide bonds. The zero-order valence-electron chi connectivity index (χ0n) is 14.9. The first-order chi connectivity index (χ1) is 10.7. The Morgan fingerprint density at radius 1 is 1.05 bits per heavy atom. The minimum atomic E-state index is 0.513. The fourth-order valence-electron chi connectivity index (χ4n) is 3.91. The van der Waals surface area contributed by atoms with Crippen molar-refractivity contribution in [2.45, 2.75) is 58.1 Å². The SMILES string of the molecule is CCC1CN(CCOC2CCCCC2C)CCN1CCOC. The summed E-state index contributed by atoms with van der Waals surface area (Å²) in [6.07, 6.45) is 7.09. The van der Waals surface area contributed by atoms with E-state index >= 15 is 0 Å². The van der Waals surface area contributed by atoms with Gasteiger partial charge in [0.05, 0.1) is 19.3 Å². The molecule has 0 radical (unpaired) electrons. The Balaban J connectivity index is 1.66. The Bertz CT molecular complexity index is 301. The molecule has 1 aliphatic heterocycles. The lowest BCUT2D eigenvalue weighted by atomic mass is 9.88. The van der Waals surface area contributed by atoms with Crippen molar-refractivity contribution in [3.8, 4) is 0 Å². The smallest absolute Gasteiger partial charge is 0.0601 e. The third-order valence-electron chi connectivity index (χ3n) is 5.51. The van der Waals surface area contributed by atoms with Gasteiger partial charge in [0.15, 0.2) is 0 Å². The molecule has 2 aliphatic rings. The van der Waals surface area contributed by atoms with E-state index in [0.29, 0.717) is 12.1 Å². The van der Waals surface area contributed by atoms with Crippen molar-refractivity contribution in [2.75, 3.05) is 53.0 Å². The molecule has 3 atom stereocenters. The van der Waals surface area contributed by atoms with Gasteiger partial charge >= 0.3 is 0 Å². The van der Waals surface area contributed by atoms with E-state index < -0.39 is 0 Å². The molecule has 0 spiro atoms. The van der Waals surface area contributed by atoms with E-state index in [0.717, 1.165) is 32.2 Å².